The van der Waals surface area contributed by atoms with Gasteiger partial charge >= 0.3 is 0 Å². The van der Waals surface area contributed by atoms with E-state index in [-0.39, 0.29) is 11.9 Å². The van der Waals surface area contributed by atoms with Gasteiger partial charge in [0.1, 0.15) is 5.82 Å². The Morgan fingerprint density at radius 3 is 2.79 bits per heavy atom. The average molecular weight is 413 g/mol. The molecule has 1 aliphatic heterocycles. The fraction of sp³-hybridized carbons (Fsp3) is 0.348. The molecule has 2 atom stereocenters. The minimum atomic E-state index is -0.702. The van der Waals surface area contributed by atoms with Crippen LogP contribution < -0.4 is 0 Å². The van der Waals surface area contributed by atoms with Gasteiger partial charge in [-0.2, -0.15) is 0 Å². The largest absolute Gasteiger partial charge is 0.345 e. The first-order chi connectivity index (χ1) is 14.1. The highest BCUT2D eigenvalue weighted by molar-refractivity contribution is 7.99. The topological polar surface area (TPSA) is 36.3 Å². The summed E-state index contributed by atoms with van der Waals surface area (Å²) in [6.45, 7) is 3.27. The molecule has 2 aromatic carbocycles. The van der Waals surface area contributed by atoms with Crippen LogP contribution in [0, 0.1) is 12.7 Å². The minimum absolute atomic E-state index is 0.0244. The Balaban J connectivity index is 1.41. The molecule has 1 aromatic heterocycles. The number of benzene rings is 2. The highest BCUT2D eigenvalue weighted by Gasteiger charge is 2.41. The normalized spacial score (nSPS) is 21.5. The van der Waals surface area contributed by atoms with E-state index in [4.69, 9.17) is 9.47 Å². The van der Waals surface area contributed by atoms with Crippen molar-refractivity contribution in [2.24, 2.45) is 0 Å². The molecule has 4 nitrogen and oxygen atoms in total. The lowest BCUT2D eigenvalue weighted by Crippen LogP contribution is -2.37. The highest BCUT2D eigenvalue weighted by Crippen LogP contribution is 2.33. The van der Waals surface area contributed by atoms with Gasteiger partial charge in [-0.05, 0) is 42.7 Å². The second-order valence-electron chi connectivity index (χ2n) is 7.40. The van der Waals surface area contributed by atoms with Gasteiger partial charge in [0.05, 0.1) is 25.6 Å². The first-order valence-electron chi connectivity index (χ1n) is 9.82. The lowest BCUT2D eigenvalue weighted by molar-refractivity contribution is -0.180. The third-order valence-electron chi connectivity index (χ3n) is 5.12. The third-order valence-corrected chi connectivity index (χ3v) is 6.43. The van der Waals surface area contributed by atoms with Gasteiger partial charge in [0, 0.05) is 29.5 Å². The lowest BCUT2D eigenvalue weighted by atomic mass is 10.0. The zero-order chi connectivity index (χ0) is 20.1. The quantitative estimate of drug-likeness (QED) is 0.495. The smallest absolute Gasteiger partial charge is 0.187 e. The zero-order valence-corrected chi connectivity index (χ0v) is 17.3. The van der Waals surface area contributed by atoms with Gasteiger partial charge < -0.3 is 14.0 Å². The van der Waals surface area contributed by atoms with Gasteiger partial charge in [-0.25, -0.2) is 9.37 Å². The highest BCUT2D eigenvalue weighted by atomic mass is 32.2. The fourth-order valence-corrected chi connectivity index (χ4v) is 4.54. The molecule has 1 fully saturated rings. The lowest BCUT2D eigenvalue weighted by Gasteiger charge is -2.28. The summed E-state index contributed by atoms with van der Waals surface area (Å²) in [7, 11) is 0. The van der Waals surface area contributed by atoms with Crippen molar-refractivity contribution in [2.75, 3.05) is 12.4 Å². The number of imidazole rings is 1. The van der Waals surface area contributed by atoms with Gasteiger partial charge in [-0.1, -0.05) is 30.3 Å². The Hall–Kier alpha value is -2.15. The van der Waals surface area contributed by atoms with E-state index in [2.05, 4.69) is 36.2 Å². The van der Waals surface area contributed by atoms with Crippen LogP contribution in [0.4, 0.5) is 4.39 Å². The molecule has 29 heavy (non-hydrogen) atoms. The van der Waals surface area contributed by atoms with E-state index in [0.717, 1.165) is 17.7 Å². The van der Waals surface area contributed by atoms with Crippen molar-refractivity contribution in [1.29, 1.82) is 0 Å². The van der Waals surface area contributed by atoms with Gasteiger partial charge in [-0.15, -0.1) is 11.8 Å². The molecule has 4 rings (SSSR count). The molecule has 0 N–H and O–H groups in total. The molecule has 2 heterocycles. The van der Waals surface area contributed by atoms with E-state index in [1.54, 1.807) is 24.3 Å². The van der Waals surface area contributed by atoms with Gasteiger partial charge in [0.15, 0.2) is 5.79 Å². The minimum Gasteiger partial charge on any atom is -0.345 e. The van der Waals surface area contributed by atoms with E-state index < -0.39 is 5.79 Å². The fourth-order valence-electron chi connectivity index (χ4n) is 3.54. The van der Waals surface area contributed by atoms with Crippen molar-refractivity contribution < 1.29 is 13.9 Å². The molecule has 0 saturated carbocycles. The summed E-state index contributed by atoms with van der Waals surface area (Å²) < 4.78 is 27.9. The molecule has 1 saturated heterocycles. The van der Waals surface area contributed by atoms with Crippen molar-refractivity contribution in [3.8, 4) is 0 Å². The first-order valence-corrected chi connectivity index (χ1v) is 10.8. The van der Waals surface area contributed by atoms with Crippen LogP contribution in [0.1, 0.15) is 17.5 Å². The number of hydrogen-bond donors (Lipinski definition) is 0. The molecule has 152 valence electrons. The average Bonchev–Trinajstić information content (AvgIpc) is 3.38. The second-order valence-corrected chi connectivity index (χ2v) is 8.46. The Kier molecular flexibility index (Phi) is 6.33. The number of halogens is 1. The standard InChI is InChI=1S/C23H25FN2O2S/c1-18-4-2-3-5-22(18)29-15-21-14-27-23(28-21,16-26-13-12-25-17-26)11-10-19-6-8-20(24)9-7-19/h2-9,12-13,17,21H,10-11,14-16H2,1H3. The molecule has 0 bridgehead atoms. The van der Waals surface area contributed by atoms with Crippen molar-refractivity contribution in [1.82, 2.24) is 9.55 Å². The zero-order valence-electron chi connectivity index (χ0n) is 16.5. The predicted octanol–water partition coefficient (Wildman–Crippen LogP) is 4.87. The van der Waals surface area contributed by atoms with E-state index in [1.807, 2.05) is 22.9 Å². The van der Waals surface area contributed by atoms with E-state index in [9.17, 15) is 4.39 Å². The van der Waals surface area contributed by atoms with Crippen molar-refractivity contribution >= 4 is 11.8 Å². The summed E-state index contributed by atoms with van der Waals surface area (Å²) in [6, 6.07) is 15.0. The molecule has 3 aromatic rings. The van der Waals surface area contributed by atoms with Crippen LogP contribution in [0.25, 0.3) is 0 Å². The van der Waals surface area contributed by atoms with Gasteiger partial charge in [-0.3, -0.25) is 0 Å². The molecular weight excluding hydrogens is 387 g/mol. The molecule has 2 unspecified atom stereocenters. The molecular formula is C23H25FN2O2S. The van der Waals surface area contributed by atoms with Crippen molar-refractivity contribution in [3.63, 3.8) is 0 Å². The van der Waals surface area contributed by atoms with Gasteiger partial charge in [0.25, 0.3) is 0 Å². The Labute approximate surface area is 175 Å². The molecule has 6 heteroatoms. The van der Waals surface area contributed by atoms with Crippen LogP contribution in [0.15, 0.2) is 72.1 Å². The maximum absolute atomic E-state index is 13.2. The summed E-state index contributed by atoms with van der Waals surface area (Å²) in [5.74, 6) is -0.0809. The number of aryl methyl sites for hydroxylation is 2. The number of ether oxygens (including phenoxy) is 2. The molecule has 0 spiro atoms. The molecule has 0 radical (unpaired) electrons. The van der Waals surface area contributed by atoms with E-state index in [0.29, 0.717) is 19.6 Å². The molecule has 0 amide bonds. The van der Waals surface area contributed by atoms with Crippen LogP contribution in [-0.4, -0.2) is 33.8 Å². The first kappa shape index (κ1) is 20.1. The number of rotatable bonds is 8. The van der Waals surface area contributed by atoms with Crippen LogP contribution in [0.2, 0.25) is 0 Å². The summed E-state index contributed by atoms with van der Waals surface area (Å²) in [5.41, 5.74) is 2.35. The second kappa shape index (κ2) is 9.11. The predicted molar refractivity (Wildman–Crippen MR) is 112 cm³/mol. The number of nitrogens with zero attached hydrogens (tertiary/aromatic N) is 2. The van der Waals surface area contributed by atoms with E-state index in [1.165, 1.54) is 22.6 Å². The van der Waals surface area contributed by atoms with Crippen LogP contribution >= 0.6 is 11.8 Å². The maximum Gasteiger partial charge on any atom is 0.187 e. The summed E-state index contributed by atoms with van der Waals surface area (Å²) in [6.07, 6.45) is 6.93. The Bertz CT molecular complexity index is 917. The third kappa shape index (κ3) is 5.26. The Morgan fingerprint density at radius 1 is 1.21 bits per heavy atom. The molecule has 1 aliphatic rings. The summed E-state index contributed by atoms with van der Waals surface area (Å²) >= 11 is 1.80. The van der Waals surface area contributed by atoms with Gasteiger partial charge in [0.2, 0.25) is 0 Å². The summed E-state index contributed by atoms with van der Waals surface area (Å²) in [5, 5.41) is 0. The van der Waals surface area contributed by atoms with Crippen LogP contribution in [-0.2, 0) is 22.4 Å². The van der Waals surface area contributed by atoms with E-state index >= 15 is 0 Å². The molecule has 0 aliphatic carbocycles. The Morgan fingerprint density at radius 2 is 2.03 bits per heavy atom. The van der Waals surface area contributed by atoms with Crippen LogP contribution in [0.3, 0.4) is 0 Å². The summed E-state index contributed by atoms with van der Waals surface area (Å²) in [4.78, 5) is 5.41. The number of thioether (sulfide) groups is 1. The monoisotopic (exact) mass is 412 g/mol. The van der Waals surface area contributed by atoms with Crippen molar-refractivity contribution in [3.05, 3.63) is 84.2 Å². The maximum atomic E-state index is 13.2. The number of aromatic nitrogens is 2. The number of hydrogen-bond acceptors (Lipinski definition) is 4. The van der Waals surface area contributed by atoms with Crippen LogP contribution in [0.5, 0.6) is 0 Å². The SMILES string of the molecule is Cc1ccccc1SCC1COC(CCc2ccc(F)cc2)(Cn2ccnc2)O1. The van der Waals surface area contributed by atoms with Crippen molar-refractivity contribution in [2.45, 2.75) is 43.1 Å².